The average Bonchev–Trinajstić information content (AvgIpc) is 2.58. The SMILES string of the molecule is Cc1nn(-c2cccc(Cl)c2C)c(N)c1C#N. The van der Waals surface area contributed by atoms with Gasteiger partial charge in [-0.05, 0) is 31.5 Å². The van der Waals surface area contributed by atoms with Crippen LogP contribution in [0.15, 0.2) is 18.2 Å². The molecule has 1 heterocycles. The number of aromatic nitrogens is 2. The summed E-state index contributed by atoms with van der Waals surface area (Å²) in [4.78, 5) is 0. The lowest BCUT2D eigenvalue weighted by Crippen LogP contribution is -2.04. The van der Waals surface area contributed by atoms with Crippen molar-refractivity contribution in [3.63, 3.8) is 0 Å². The van der Waals surface area contributed by atoms with Crippen LogP contribution in [0.3, 0.4) is 0 Å². The Bertz CT molecular complexity index is 622. The Morgan fingerprint density at radius 1 is 1.41 bits per heavy atom. The molecule has 0 radical (unpaired) electrons. The Morgan fingerprint density at radius 2 is 2.12 bits per heavy atom. The monoisotopic (exact) mass is 246 g/mol. The van der Waals surface area contributed by atoms with Crippen molar-refractivity contribution in [3.8, 4) is 11.8 Å². The van der Waals surface area contributed by atoms with Gasteiger partial charge in [0.2, 0.25) is 0 Å². The second-order valence-electron chi connectivity index (χ2n) is 3.75. The Kier molecular flexibility index (Phi) is 2.78. The van der Waals surface area contributed by atoms with Crippen molar-refractivity contribution in [2.75, 3.05) is 5.73 Å². The number of nitrogen functional groups attached to an aromatic ring is 1. The number of halogens is 1. The van der Waals surface area contributed by atoms with Crippen molar-refractivity contribution in [2.24, 2.45) is 0 Å². The lowest BCUT2D eigenvalue weighted by molar-refractivity contribution is 0.865. The fourth-order valence-electron chi connectivity index (χ4n) is 1.69. The first kappa shape index (κ1) is 11.5. The molecule has 1 aromatic heterocycles. The van der Waals surface area contributed by atoms with Gasteiger partial charge in [0.15, 0.2) is 0 Å². The largest absolute Gasteiger partial charge is 0.382 e. The van der Waals surface area contributed by atoms with Gasteiger partial charge in [0.25, 0.3) is 0 Å². The molecule has 2 rings (SSSR count). The highest BCUT2D eigenvalue weighted by molar-refractivity contribution is 6.31. The third-order valence-electron chi connectivity index (χ3n) is 2.68. The minimum atomic E-state index is 0.343. The molecular weight excluding hydrogens is 236 g/mol. The van der Waals surface area contributed by atoms with Crippen LogP contribution in [0.2, 0.25) is 5.02 Å². The van der Waals surface area contributed by atoms with Crippen molar-refractivity contribution in [1.29, 1.82) is 5.26 Å². The number of benzene rings is 1. The van der Waals surface area contributed by atoms with Crippen molar-refractivity contribution in [3.05, 3.63) is 40.0 Å². The van der Waals surface area contributed by atoms with Gasteiger partial charge in [0.05, 0.1) is 11.4 Å². The molecule has 2 N–H and O–H groups in total. The zero-order chi connectivity index (χ0) is 12.6. The molecule has 0 unspecified atom stereocenters. The number of hydrogen-bond acceptors (Lipinski definition) is 3. The number of nitrogens with two attached hydrogens (primary N) is 1. The molecule has 0 bridgehead atoms. The average molecular weight is 247 g/mol. The summed E-state index contributed by atoms with van der Waals surface area (Å²) in [6.45, 7) is 3.64. The summed E-state index contributed by atoms with van der Waals surface area (Å²) in [6, 6.07) is 7.54. The molecule has 17 heavy (non-hydrogen) atoms. The van der Waals surface area contributed by atoms with Crippen LogP contribution in [0, 0.1) is 25.2 Å². The van der Waals surface area contributed by atoms with Crippen LogP contribution >= 0.6 is 11.6 Å². The molecule has 0 aliphatic heterocycles. The second-order valence-corrected chi connectivity index (χ2v) is 4.16. The summed E-state index contributed by atoms with van der Waals surface area (Å²) in [5.74, 6) is 0.343. The molecule has 2 aromatic rings. The van der Waals surface area contributed by atoms with E-state index in [-0.39, 0.29) is 0 Å². The van der Waals surface area contributed by atoms with E-state index in [0.717, 1.165) is 11.3 Å². The van der Waals surface area contributed by atoms with Gasteiger partial charge >= 0.3 is 0 Å². The first-order chi connectivity index (χ1) is 8.06. The molecule has 1 aromatic carbocycles. The van der Waals surface area contributed by atoms with Gasteiger partial charge in [-0.2, -0.15) is 10.4 Å². The van der Waals surface area contributed by atoms with Crippen molar-refractivity contribution in [1.82, 2.24) is 9.78 Å². The fourth-order valence-corrected chi connectivity index (χ4v) is 1.86. The lowest BCUT2D eigenvalue weighted by atomic mass is 10.2. The Morgan fingerprint density at radius 3 is 2.71 bits per heavy atom. The lowest BCUT2D eigenvalue weighted by Gasteiger charge is -2.08. The third kappa shape index (κ3) is 1.75. The quantitative estimate of drug-likeness (QED) is 0.841. The molecule has 0 fully saturated rings. The minimum Gasteiger partial charge on any atom is -0.382 e. The van der Waals surface area contributed by atoms with Gasteiger partial charge < -0.3 is 5.73 Å². The maximum absolute atomic E-state index is 8.97. The maximum atomic E-state index is 8.97. The topological polar surface area (TPSA) is 67.6 Å². The summed E-state index contributed by atoms with van der Waals surface area (Å²) in [5, 5.41) is 13.9. The molecule has 0 saturated heterocycles. The fraction of sp³-hybridized carbons (Fsp3) is 0.167. The number of nitrogens with zero attached hydrogens (tertiary/aromatic N) is 3. The van der Waals surface area contributed by atoms with Crippen LogP contribution in [0.4, 0.5) is 5.82 Å². The maximum Gasteiger partial charge on any atom is 0.145 e. The van der Waals surface area contributed by atoms with Crippen LogP contribution in [0.25, 0.3) is 5.69 Å². The molecule has 0 spiro atoms. The van der Waals surface area contributed by atoms with Gasteiger partial charge in [-0.15, -0.1) is 0 Å². The van der Waals surface area contributed by atoms with Crippen LogP contribution < -0.4 is 5.73 Å². The minimum absolute atomic E-state index is 0.343. The summed E-state index contributed by atoms with van der Waals surface area (Å²) in [5.41, 5.74) is 8.60. The molecule has 0 aliphatic rings. The highest BCUT2D eigenvalue weighted by Gasteiger charge is 2.15. The van der Waals surface area contributed by atoms with E-state index >= 15 is 0 Å². The Balaban J connectivity index is 2.70. The number of nitriles is 1. The van der Waals surface area contributed by atoms with Crippen LogP contribution in [0.5, 0.6) is 0 Å². The molecule has 4 nitrogen and oxygen atoms in total. The Labute approximate surface area is 104 Å². The van der Waals surface area contributed by atoms with Crippen LogP contribution in [0.1, 0.15) is 16.8 Å². The van der Waals surface area contributed by atoms with Crippen LogP contribution in [-0.2, 0) is 0 Å². The van der Waals surface area contributed by atoms with E-state index in [4.69, 9.17) is 22.6 Å². The standard InChI is InChI=1S/C12H11ClN4/c1-7-10(13)4-3-5-11(7)17-12(15)9(6-14)8(2)16-17/h3-5H,15H2,1-2H3. The number of aryl methyl sites for hydroxylation is 1. The molecule has 0 atom stereocenters. The molecule has 5 heteroatoms. The normalized spacial score (nSPS) is 10.2. The molecular formula is C12H11ClN4. The molecule has 86 valence electrons. The van der Waals surface area contributed by atoms with E-state index in [1.165, 1.54) is 0 Å². The summed E-state index contributed by atoms with van der Waals surface area (Å²) in [7, 11) is 0. The molecule has 0 amide bonds. The number of anilines is 1. The van der Waals surface area contributed by atoms with Gasteiger partial charge in [-0.3, -0.25) is 0 Å². The van der Waals surface area contributed by atoms with Gasteiger partial charge in [0, 0.05) is 5.02 Å². The van der Waals surface area contributed by atoms with Gasteiger partial charge in [0.1, 0.15) is 17.5 Å². The first-order valence-corrected chi connectivity index (χ1v) is 5.44. The highest BCUT2D eigenvalue weighted by atomic mass is 35.5. The van der Waals surface area contributed by atoms with E-state index in [9.17, 15) is 0 Å². The predicted molar refractivity (Wildman–Crippen MR) is 67.2 cm³/mol. The number of hydrogen-bond donors (Lipinski definition) is 1. The van der Waals surface area contributed by atoms with E-state index in [2.05, 4.69) is 5.10 Å². The van der Waals surface area contributed by atoms with E-state index in [1.807, 2.05) is 25.1 Å². The highest BCUT2D eigenvalue weighted by Crippen LogP contribution is 2.26. The zero-order valence-electron chi connectivity index (χ0n) is 9.53. The van der Waals surface area contributed by atoms with Crippen LogP contribution in [-0.4, -0.2) is 9.78 Å². The second kappa shape index (κ2) is 4.11. The summed E-state index contributed by atoms with van der Waals surface area (Å²) < 4.78 is 1.55. The molecule has 0 saturated carbocycles. The summed E-state index contributed by atoms with van der Waals surface area (Å²) >= 11 is 6.05. The Hall–Kier alpha value is -1.99. The van der Waals surface area contributed by atoms with Crippen molar-refractivity contribution < 1.29 is 0 Å². The van der Waals surface area contributed by atoms with Crippen molar-refractivity contribution in [2.45, 2.75) is 13.8 Å². The van der Waals surface area contributed by atoms with Crippen molar-refractivity contribution >= 4 is 17.4 Å². The van der Waals surface area contributed by atoms with E-state index in [0.29, 0.717) is 22.1 Å². The first-order valence-electron chi connectivity index (χ1n) is 5.07. The zero-order valence-corrected chi connectivity index (χ0v) is 10.3. The van der Waals surface area contributed by atoms with Gasteiger partial charge in [-0.25, -0.2) is 4.68 Å². The summed E-state index contributed by atoms with van der Waals surface area (Å²) in [6.07, 6.45) is 0. The molecule has 0 aliphatic carbocycles. The van der Waals surface area contributed by atoms with E-state index in [1.54, 1.807) is 17.7 Å². The van der Waals surface area contributed by atoms with E-state index < -0.39 is 0 Å². The third-order valence-corrected chi connectivity index (χ3v) is 3.08. The van der Waals surface area contributed by atoms with Gasteiger partial charge in [-0.1, -0.05) is 17.7 Å². The predicted octanol–water partition coefficient (Wildman–Crippen LogP) is 2.60. The smallest absolute Gasteiger partial charge is 0.145 e. The number of rotatable bonds is 1.